The minimum atomic E-state index is -1.06. The third-order valence-electron chi connectivity index (χ3n) is 6.02. The highest BCUT2D eigenvalue weighted by molar-refractivity contribution is 6.23. The van der Waals surface area contributed by atoms with Gasteiger partial charge in [0.1, 0.15) is 11.9 Å². The molecule has 0 aliphatic carbocycles. The summed E-state index contributed by atoms with van der Waals surface area (Å²) in [7, 11) is 0. The predicted octanol–water partition coefficient (Wildman–Crippen LogP) is 1.48. The first-order valence-electron chi connectivity index (χ1n) is 10.3. The van der Waals surface area contributed by atoms with E-state index in [0.717, 1.165) is 23.8 Å². The maximum Gasteiger partial charge on any atom is 0.262 e. The molecule has 1 aromatic carbocycles. The number of imide groups is 2. The monoisotopic (exact) mass is 417 g/mol. The number of amides is 4. The lowest BCUT2D eigenvalue weighted by atomic mass is 9.97. The van der Waals surface area contributed by atoms with E-state index in [1.807, 2.05) is 11.8 Å². The van der Waals surface area contributed by atoms with Crippen molar-refractivity contribution in [3.63, 3.8) is 0 Å². The van der Waals surface area contributed by atoms with Crippen molar-refractivity contribution in [2.24, 2.45) is 5.92 Å². The van der Waals surface area contributed by atoms with E-state index >= 15 is 0 Å². The summed E-state index contributed by atoms with van der Waals surface area (Å²) in [5, 5.41) is 2.15. The van der Waals surface area contributed by atoms with Crippen molar-refractivity contribution < 1.29 is 28.3 Å². The lowest BCUT2D eigenvalue weighted by Gasteiger charge is -2.33. The average Bonchev–Trinajstić information content (AvgIpc) is 2.96. The van der Waals surface area contributed by atoms with Gasteiger partial charge in [0.2, 0.25) is 11.8 Å². The highest BCUT2D eigenvalue weighted by atomic mass is 19.1. The number of fused-ring (bicyclic) bond motifs is 1. The van der Waals surface area contributed by atoms with E-state index in [4.69, 9.17) is 4.74 Å². The van der Waals surface area contributed by atoms with Crippen LogP contribution in [0.4, 0.5) is 10.1 Å². The molecule has 1 unspecified atom stereocenters. The molecule has 160 valence electrons. The van der Waals surface area contributed by atoms with Crippen LogP contribution in [0.15, 0.2) is 12.1 Å². The number of benzene rings is 1. The third kappa shape index (κ3) is 3.58. The van der Waals surface area contributed by atoms with Crippen LogP contribution in [0.1, 0.15) is 53.3 Å². The fourth-order valence-electron chi connectivity index (χ4n) is 4.35. The summed E-state index contributed by atoms with van der Waals surface area (Å²) in [5.41, 5.74) is 0.338. The van der Waals surface area contributed by atoms with Crippen LogP contribution in [-0.4, -0.2) is 60.9 Å². The summed E-state index contributed by atoms with van der Waals surface area (Å²) in [5.74, 6) is -2.60. The number of carbonyl (C=O) groups excluding carboxylic acids is 4. The van der Waals surface area contributed by atoms with Gasteiger partial charge in [-0.15, -0.1) is 0 Å². The number of nitrogens with zero attached hydrogens (tertiary/aromatic N) is 2. The number of hydrogen-bond acceptors (Lipinski definition) is 6. The second kappa shape index (κ2) is 8.14. The molecule has 0 spiro atoms. The van der Waals surface area contributed by atoms with Crippen molar-refractivity contribution in [3.05, 3.63) is 29.1 Å². The van der Waals surface area contributed by atoms with Gasteiger partial charge in [-0.05, 0) is 44.2 Å². The maximum absolute atomic E-state index is 14.9. The summed E-state index contributed by atoms with van der Waals surface area (Å²) in [6, 6.07) is 1.44. The number of rotatable bonds is 5. The number of piperidine rings is 2. The van der Waals surface area contributed by atoms with Gasteiger partial charge < -0.3 is 9.64 Å². The van der Waals surface area contributed by atoms with Gasteiger partial charge in [-0.1, -0.05) is 0 Å². The molecule has 0 radical (unpaired) electrons. The maximum atomic E-state index is 14.9. The van der Waals surface area contributed by atoms with Crippen LogP contribution in [0.25, 0.3) is 0 Å². The normalized spacial score (nSPS) is 22.5. The Bertz CT molecular complexity index is 910. The molecule has 9 heteroatoms. The lowest BCUT2D eigenvalue weighted by molar-refractivity contribution is -0.136. The first-order chi connectivity index (χ1) is 14.4. The van der Waals surface area contributed by atoms with Crippen LogP contribution in [-0.2, 0) is 14.3 Å². The molecule has 4 amide bonds. The second-order valence-corrected chi connectivity index (χ2v) is 7.89. The first-order valence-corrected chi connectivity index (χ1v) is 10.3. The van der Waals surface area contributed by atoms with Gasteiger partial charge in [-0.2, -0.15) is 0 Å². The molecule has 3 heterocycles. The van der Waals surface area contributed by atoms with E-state index in [1.54, 1.807) is 0 Å². The Balaban J connectivity index is 1.54. The zero-order chi connectivity index (χ0) is 21.4. The van der Waals surface area contributed by atoms with Crippen molar-refractivity contribution in [2.75, 3.05) is 31.2 Å². The molecule has 3 aliphatic heterocycles. The molecule has 0 aromatic heterocycles. The van der Waals surface area contributed by atoms with Gasteiger partial charge >= 0.3 is 0 Å². The Morgan fingerprint density at radius 3 is 2.37 bits per heavy atom. The highest BCUT2D eigenvalue weighted by Crippen LogP contribution is 2.34. The zero-order valence-corrected chi connectivity index (χ0v) is 16.8. The van der Waals surface area contributed by atoms with Gasteiger partial charge in [0.05, 0.1) is 16.8 Å². The molecule has 1 aromatic rings. The SMILES string of the molecule is CCOCC1CCN(c2cc3c(cc2F)C(=O)N(C2CCC(=O)NC2=O)C3=O)CC1. The van der Waals surface area contributed by atoms with Crippen LogP contribution in [0.3, 0.4) is 0 Å². The minimum absolute atomic E-state index is 0.0418. The Kier molecular flexibility index (Phi) is 5.55. The standard InChI is InChI=1S/C21H24FN3O5/c1-2-30-11-12-5-7-24(8-6-12)17-10-14-13(9-15(17)22)20(28)25(21(14)29)16-3-4-18(26)23-19(16)27/h9-10,12,16H,2-8,11H2,1H3,(H,23,26,27). The smallest absolute Gasteiger partial charge is 0.262 e. The minimum Gasteiger partial charge on any atom is -0.381 e. The van der Waals surface area contributed by atoms with E-state index < -0.39 is 35.5 Å². The van der Waals surface area contributed by atoms with Crippen LogP contribution in [0.2, 0.25) is 0 Å². The first kappa shape index (κ1) is 20.5. The largest absolute Gasteiger partial charge is 0.381 e. The molecular weight excluding hydrogens is 393 g/mol. The highest BCUT2D eigenvalue weighted by Gasteiger charge is 2.45. The van der Waals surface area contributed by atoms with Crippen molar-refractivity contribution >= 4 is 29.3 Å². The topological polar surface area (TPSA) is 96.0 Å². The van der Waals surface area contributed by atoms with Crippen molar-refractivity contribution in [1.82, 2.24) is 10.2 Å². The third-order valence-corrected chi connectivity index (χ3v) is 6.02. The summed E-state index contributed by atoms with van der Waals surface area (Å²) < 4.78 is 20.3. The Morgan fingerprint density at radius 2 is 1.73 bits per heavy atom. The number of halogens is 1. The van der Waals surface area contributed by atoms with Crippen LogP contribution < -0.4 is 10.2 Å². The average molecular weight is 417 g/mol. The molecule has 1 atom stereocenters. The summed E-state index contributed by atoms with van der Waals surface area (Å²) in [6.45, 7) is 4.56. The molecular formula is C21H24FN3O5. The molecule has 8 nitrogen and oxygen atoms in total. The van der Waals surface area contributed by atoms with Crippen molar-refractivity contribution in [2.45, 2.75) is 38.6 Å². The quantitative estimate of drug-likeness (QED) is 0.729. The molecule has 30 heavy (non-hydrogen) atoms. The summed E-state index contributed by atoms with van der Waals surface area (Å²) in [6.07, 6.45) is 1.82. The van der Waals surface area contributed by atoms with Gasteiger partial charge in [0, 0.05) is 32.7 Å². The molecule has 4 rings (SSSR count). The van der Waals surface area contributed by atoms with E-state index in [0.29, 0.717) is 32.2 Å². The van der Waals surface area contributed by atoms with Crippen molar-refractivity contribution in [3.8, 4) is 0 Å². The van der Waals surface area contributed by atoms with Gasteiger partial charge in [-0.25, -0.2) is 4.39 Å². The van der Waals surface area contributed by atoms with Crippen LogP contribution in [0.5, 0.6) is 0 Å². The zero-order valence-electron chi connectivity index (χ0n) is 16.8. The van der Waals surface area contributed by atoms with E-state index in [-0.39, 0.29) is 29.7 Å². The number of anilines is 1. The van der Waals surface area contributed by atoms with E-state index in [2.05, 4.69) is 5.32 Å². The summed E-state index contributed by atoms with van der Waals surface area (Å²) in [4.78, 5) is 52.0. The molecule has 2 saturated heterocycles. The van der Waals surface area contributed by atoms with Crippen LogP contribution >= 0.6 is 0 Å². The lowest BCUT2D eigenvalue weighted by Crippen LogP contribution is -2.54. The number of nitrogens with one attached hydrogen (secondary N) is 1. The Hall–Kier alpha value is -2.81. The fraction of sp³-hybridized carbons (Fsp3) is 0.524. The fourth-order valence-corrected chi connectivity index (χ4v) is 4.35. The van der Waals surface area contributed by atoms with E-state index in [9.17, 15) is 23.6 Å². The molecule has 3 aliphatic rings. The van der Waals surface area contributed by atoms with Gasteiger partial charge in [0.25, 0.3) is 11.8 Å². The number of carbonyl (C=O) groups is 4. The van der Waals surface area contributed by atoms with Gasteiger partial charge in [-0.3, -0.25) is 29.4 Å². The van der Waals surface area contributed by atoms with E-state index in [1.165, 1.54) is 6.07 Å². The molecule has 0 bridgehead atoms. The van der Waals surface area contributed by atoms with Crippen molar-refractivity contribution in [1.29, 1.82) is 0 Å². The Morgan fingerprint density at radius 1 is 1.07 bits per heavy atom. The second-order valence-electron chi connectivity index (χ2n) is 7.89. The number of ether oxygens (including phenoxy) is 1. The molecule has 1 N–H and O–H groups in total. The molecule has 0 saturated carbocycles. The van der Waals surface area contributed by atoms with Crippen LogP contribution in [0, 0.1) is 11.7 Å². The Labute approximate surface area is 173 Å². The van der Waals surface area contributed by atoms with Gasteiger partial charge in [0.15, 0.2) is 0 Å². The summed E-state index contributed by atoms with van der Waals surface area (Å²) >= 11 is 0. The predicted molar refractivity (Wildman–Crippen MR) is 105 cm³/mol. The molecule has 2 fully saturated rings. The number of hydrogen-bond donors (Lipinski definition) is 1.